The lowest BCUT2D eigenvalue weighted by molar-refractivity contribution is 0.0999. The molecule has 37 heavy (non-hydrogen) atoms. The van der Waals surface area contributed by atoms with Gasteiger partial charge in [0.25, 0.3) is 11.8 Å². The third-order valence-corrected chi connectivity index (χ3v) is 5.95. The Balaban J connectivity index is 1.45. The van der Waals surface area contributed by atoms with E-state index >= 15 is 0 Å². The number of rotatable bonds is 7. The zero-order valence-corrected chi connectivity index (χ0v) is 20.3. The van der Waals surface area contributed by atoms with Crippen molar-refractivity contribution in [2.75, 3.05) is 24.9 Å². The molecule has 0 saturated heterocycles. The van der Waals surface area contributed by atoms with Crippen LogP contribution in [0.1, 0.15) is 20.9 Å². The summed E-state index contributed by atoms with van der Waals surface area (Å²) in [6, 6.07) is 29.4. The molecule has 0 aliphatic rings. The highest BCUT2D eigenvalue weighted by molar-refractivity contribution is 6.17. The first-order valence-electron chi connectivity index (χ1n) is 11.6. The molecule has 0 aliphatic heterocycles. The second-order valence-corrected chi connectivity index (χ2v) is 8.22. The maximum absolute atomic E-state index is 13.3. The van der Waals surface area contributed by atoms with Gasteiger partial charge in [-0.1, -0.05) is 54.6 Å². The Morgan fingerprint density at radius 2 is 1.41 bits per heavy atom. The smallest absolute Gasteiger partial charge is 0.293 e. The molecule has 5 rings (SSSR count). The molecule has 5 aromatic rings. The number of benzene rings is 4. The zero-order chi connectivity index (χ0) is 25.8. The van der Waals surface area contributed by atoms with Gasteiger partial charge in [-0.3, -0.25) is 9.59 Å². The lowest BCUT2D eigenvalue weighted by Gasteiger charge is -2.12. The van der Waals surface area contributed by atoms with Crippen LogP contribution in [-0.2, 0) is 0 Å². The molecule has 0 spiro atoms. The minimum absolute atomic E-state index is 0.0275. The Bertz CT molecular complexity index is 1570. The second kappa shape index (κ2) is 10.3. The number of carbonyl (C=O) groups is 2. The molecule has 0 saturated carbocycles. The zero-order valence-electron chi connectivity index (χ0n) is 20.3. The number of ether oxygens (including phenoxy) is 2. The number of anilines is 2. The van der Waals surface area contributed by atoms with Gasteiger partial charge >= 0.3 is 0 Å². The molecular formula is C30H24N2O5. The van der Waals surface area contributed by atoms with Crippen LogP contribution in [0.4, 0.5) is 11.4 Å². The summed E-state index contributed by atoms with van der Waals surface area (Å²) < 4.78 is 16.5. The average Bonchev–Trinajstić information content (AvgIpc) is 3.32. The van der Waals surface area contributed by atoms with Gasteiger partial charge < -0.3 is 24.5 Å². The van der Waals surface area contributed by atoms with Gasteiger partial charge in [-0.05, 0) is 47.5 Å². The molecule has 2 N–H and O–H groups in total. The number of carbonyl (C=O) groups excluding carboxylic acids is 2. The lowest BCUT2D eigenvalue weighted by atomic mass is 10.0. The van der Waals surface area contributed by atoms with Gasteiger partial charge in [-0.15, -0.1) is 0 Å². The predicted octanol–water partition coefficient (Wildman–Crippen LogP) is 6.62. The Morgan fingerprint density at radius 3 is 2.14 bits per heavy atom. The van der Waals surface area contributed by atoms with Gasteiger partial charge in [-0.25, -0.2) is 0 Å². The standard InChI is InChI=1S/C30H24N2O5/c1-35-22-16-17-26(36-2)24(18-22)31-30(34)28-27(23-10-6-7-11-25(23)37-28)32-29(33)21-14-12-20(13-15-21)19-8-4-3-5-9-19/h3-18H,1-2H3,(H,31,34)(H,32,33). The van der Waals surface area contributed by atoms with Gasteiger partial charge in [0.1, 0.15) is 22.8 Å². The number of hydrogen-bond donors (Lipinski definition) is 2. The monoisotopic (exact) mass is 492 g/mol. The quantitative estimate of drug-likeness (QED) is 0.266. The summed E-state index contributed by atoms with van der Waals surface area (Å²) in [5.41, 5.74) is 3.67. The van der Waals surface area contributed by atoms with E-state index in [1.807, 2.05) is 48.5 Å². The summed E-state index contributed by atoms with van der Waals surface area (Å²) in [5, 5.41) is 6.29. The van der Waals surface area contributed by atoms with E-state index in [9.17, 15) is 9.59 Å². The molecule has 184 valence electrons. The Morgan fingerprint density at radius 1 is 0.703 bits per heavy atom. The predicted molar refractivity (Wildman–Crippen MR) is 144 cm³/mol. The van der Waals surface area contributed by atoms with E-state index in [0.29, 0.717) is 33.7 Å². The van der Waals surface area contributed by atoms with Crippen molar-refractivity contribution in [3.8, 4) is 22.6 Å². The van der Waals surface area contributed by atoms with Crippen molar-refractivity contribution in [2.24, 2.45) is 0 Å². The van der Waals surface area contributed by atoms with Crippen molar-refractivity contribution in [2.45, 2.75) is 0 Å². The molecule has 0 fully saturated rings. The second-order valence-electron chi connectivity index (χ2n) is 8.22. The van der Waals surface area contributed by atoms with Crippen molar-refractivity contribution >= 4 is 34.2 Å². The highest BCUT2D eigenvalue weighted by Gasteiger charge is 2.24. The summed E-state index contributed by atoms with van der Waals surface area (Å²) in [4.78, 5) is 26.5. The van der Waals surface area contributed by atoms with Gasteiger partial charge in [0.05, 0.1) is 19.9 Å². The van der Waals surface area contributed by atoms with Gasteiger partial charge in [-0.2, -0.15) is 0 Å². The number of nitrogens with one attached hydrogen (secondary N) is 2. The van der Waals surface area contributed by atoms with Gasteiger partial charge in [0, 0.05) is 17.0 Å². The minimum atomic E-state index is -0.544. The molecule has 0 aliphatic carbocycles. The van der Waals surface area contributed by atoms with Crippen molar-refractivity contribution in [3.05, 3.63) is 108 Å². The highest BCUT2D eigenvalue weighted by atomic mass is 16.5. The van der Waals surface area contributed by atoms with E-state index in [2.05, 4.69) is 10.6 Å². The third kappa shape index (κ3) is 4.88. The van der Waals surface area contributed by atoms with E-state index < -0.39 is 5.91 Å². The van der Waals surface area contributed by atoms with Gasteiger partial charge in [0.2, 0.25) is 5.76 Å². The van der Waals surface area contributed by atoms with Crippen LogP contribution in [0.25, 0.3) is 22.1 Å². The molecular weight excluding hydrogens is 468 g/mol. The Labute approximate surface area is 213 Å². The largest absolute Gasteiger partial charge is 0.497 e. The Kier molecular flexibility index (Phi) is 6.59. The van der Waals surface area contributed by atoms with Crippen LogP contribution in [0.2, 0.25) is 0 Å². The molecule has 0 bridgehead atoms. The summed E-state index contributed by atoms with van der Waals surface area (Å²) in [7, 11) is 3.04. The fraction of sp³-hybridized carbons (Fsp3) is 0.0667. The third-order valence-electron chi connectivity index (χ3n) is 5.95. The normalized spacial score (nSPS) is 10.6. The molecule has 0 radical (unpaired) electrons. The van der Waals surface area contributed by atoms with E-state index in [1.54, 1.807) is 48.5 Å². The van der Waals surface area contributed by atoms with Crippen molar-refractivity contribution < 1.29 is 23.5 Å². The summed E-state index contributed by atoms with van der Waals surface area (Å²) >= 11 is 0. The molecule has 0 atom stereocenters. The van der Waals surface area contributed by atoms with Crippen LogP contribution in [0, 0.1) is 0 Å². The van der Waals surface area contributed by atoms with E-state index in [1.165, 1.54) is 14.2 Å². The van der Waals surface area contributed by atoms with E-state index in [-0.39, 0.29) is 17.4 Å². The van der Waals surface area contributed by atoms with Crippen molar-refractivity contribution in [1.82, 2.24) is 0 Å². The van der Waals surface area contributed by atoms with Crippen LogP contribution in [0.15, 0.2) is 101 Å². The molecule has 2 amide bonds. The summed E-state index contributed by atoms with van der Waals surface area (Å²) in [6.07, 6.45) is 0. The van der Waals surface area contributed by atoms with Gasteiger partial charge in [0.15, 0.2) is 0 Å². The lowest BCUT2D eigenvalue weighted by Crippen LogP contribution is -2.17. The van der Waals surface area contributed by atoms with Crippen LogP contribution in [0.5, 0.6) is 11.5 Å². The number of hydrogen-bond acceptors (Lipinski definition) is 5. The fourth-order valence-electron chi connectivity index (χ4n) is 4.05. The van der Waals surface area contributed by atoms with Crippen molar-refractivity contribution in [3.63, 3.8) is 0 Å². The van der Waals surface area contributed by atoms with Crippen LogP contribution in [0.3, 0.4) is 0 Å². The first kappa shape index (κ1) is 23.7. The van der Waals surface area contributed by atoms with Crippen molar-refractivity contribution in [1.29, 1.82) is 0 Å². The molecule has 4 aromatic carbocycles. The topological polar surface area (TPSA) is 89.8 Å². The fourth-order valence-corrected chi connectivity index (χ4v) is 4.05. The first-order chi connectivity index (χ1) is 18.1. The van der Waals surface area contributed by atoms with Crippen LogP contribution in [-0.4, -0.2) is 26.0 Å². The maximum atomic E-state index is 13.3. The Hall–Kier alpha value is -5.04. The number of fused-ring (bicyclic) bond motifs is 1. The molecule has 0 unspecified atom stereocenters. The number of furan rings is 1. The highest BCUT2D eigenvalue weighted by Crippen LogP contribution is 2.34. The van der Waals surface area contributed by atoms with Crippen LogP contribution < -0.4 is 20.1 Å². The molecule has 1 aromatic heterocycles. The van der Waals surface area contributed by atoms with E-state index in [4.69, 9.17) is 13.9 Å². The van der Waals surface area contributed by atoms with Crippen LogP contribution >= 0.6 is 0 Å². The minimum Gasteiger partial charge on any atom is -0.497 e. The number of methoxy groups -OCH3 is 2. The molecule has 7 nitrogen and oxygen atoms in total. The maximum Gasteiger partial charge on any atom is 0.293 e. The molecule has 7 heteroatoms. The first-order valence-corrected chi connectivity index (χ1v) is 11.6. The SMILES string of the molecule is COc1ccc(OC)c(NC(=O)c2oc3ccccc3c2NC(=O)c2ccc(-c3ccccc3)cc2)c1. The average molecular weight is 493 g/mol. The number of amides is 2. The van der Waals surface area contributed by atoms with E-state index in [0.717, 1.165) is 11.1 Å². The number of para-hydroxylation sites is 1. The summed E-state index contributed by atoms with van der Waals surface area (Å²) in [5.74, 6) is 0.0690. The summed E-state index contributed by atoms with van der Waals surface area (Å²) in [6.45, 7) is 0. The molecule has 1 heterocycles.